The van der Waals surface area contributed by atoms with E-state index in [4.69, 9.17) is 9.84 Å². The fraction of sp³-hybridized carbons (Fsp3) is 0.400. The van der Waals surface area contributed by atoms with E-state index in [0.29, 0.717) is 5.92 Å². The topological polar surface area (TPSA) is 78.8 Å². The number of fused-ring (bicyclic) bond motifs is 1. The second-order valence-corrected chi connectivity index (χ2v) is 8.96. The van der Waals surface area contributed by atoms with Gasteiger partial charge in [0.05, 0.1) is 0 Å². The fourth-order valence-electron chi connectivity index (χ4n) is 4.18. The van der Waals surface area contributed by atoms with Crippen molar-refractivity contribution in [2.75, 3.05) is 13.2 Å². The van der Waals surface area contributed by atoms with E-state index >= 15 is 0 Å². The predicted molar refractivity (Wildman–Crippen MR) is 126 cm³/mol. The summed E-state index contributed by atoms with van der Waals surface area (Å²) in [6, 6.07) is 10.5. The highest BCUT2D eigenvalue weighted by Gasteiger charge is 2.28. The van der Waals surface area contributed by atoms with Gasteiger partial charge in [-0.1, -0.05) is 24.3 Å². The molecule has 0 unspecified atom stereocenters. The van der Waals surface area contributed by atoms with Gasteiger partial charge in [-0.25, -0.2) is 9.18 Å². The summed E-state index contributed by atoms with van der Waals surface area (Å²) in [5.41, 5.74) is 2.73. The number of hydrogen-bond donors (Lipinski definition) is 3. The molecule has 0 aliphatic heterocycles. The molecule has 180 valence electrons. The number of aliphatic hydroxyl groups is 1. The number of aliphatic hydroxyl groups excluding tert-OH is 1. The van der Waals surface area contributed by atoms with Crippen LogP contribution in [0.4, 0.5) is 8.78 Å². The second-order valence-electron chi connectivity index (χ2n) is 8.96. The quantitative estimate of drug-likeness (QED) is 0.438. The zero-order valence-corrected chi connectivity index (χ0v) is 19.5. The highest BCUT2D eigenvalue weighted by molar-refractivity contribution is 5.85. The van der Waals surface area contributed by atoms with Crippen LogP contribution in [-0.2, 0) is 17.6 Å². The van der Waals surface area contributed by atoms with Gasteiger partial charge in [0.1, 0.15) is 12.7 Å². The number of benzene rings is 2. The normalized spacial score (nSPS) is 14.7. The molecule has 0 radical (unpaired) electrons. The Morgan fingerprint density at radius 3 is 2.48 bits per heavy atom. The molecule has 33 heavy (non-hydrogen) atoms. The number of ether oxygens (including phenoxy) is 1. The molecule has 1 aliphatic rings. The van der Waals surface area contributed by atoms with E-state index in [-0.39, 0.29) is 42.4 Å². The zero-order valence-electron chi connectivity index (χ0n) is 18.7. The van der Waals surface area contributed by atoms with Crippen molar-refractivity contribution in [1.29, 1.82) is 0 Å². The molecular weight excluding hydrogens is 452 g/mol. The summed E-state index contributed by atoms with van der Waals surface area (Å²) in [4.78, 5) is 10.6. The lowest BCUT2D eigenvalue weighted by Gasteiger charge is -2.30. The number of carbonyl (C=O) groups is 1. The lowest BCUT2D eigenvalue weighted by molar-refractivity contribution is -0.131. The smallest absolute Gasteiger partial charge is 0.328 e. The Morgan fingerprint density at radius 2 is 1.88 bits per heavy atom. The summed E-state index contributed by atoms with van der Waals surface area (Å²) in [6.45, 7) is 4.16. The number of halogens is 3. The molecule has 1 atom stereocenters. The standard InChI is InChI=1S/C25H29F2NO4.ClH/c1-25(2,13-17-9-18-5-3-4-6-19(18)10-17)28-14-20(29)15-32-22-12-16(7-8-23(30)31)11-21(26)24(22)27;/h3-8,11-12,17,20,28-29H,9-10,13-15H2,1-2H3,(H,30,31);1H/b8-7+;/t20-;/m0./s1. The Hall–Kier alpha value is -2.48. The first kappa shape index (κ1) is 26.8. The molecule has 5 nitrogen and oxygen atoms in total. The maximum atomic E-state index is 14.0. The van der Waals surface area contributed by atoms with Crippen LogP contribution in [0.1, 0.15) is 37.0 Å². The van der Waals surface area contributed by atoms with Gasteiger partial charge in [-0.2, -0.15) is 4.39 Å². The van der Waals surface area contributed by atoms with Crippen LogP contribution in [0, 0.1) is 17.6 Å². The molecule has 3 N–H and O–H groups in total. The van der Waals surface area contributed by atoms with Gasteiger partial charge in [-0.05, 0) is 73.9 Å². The minimum atomic E-state index is -1.21. The van der Waals surface area contributed by atoms with E-state index < -0.39 is 23.7 Å². The van der Waals surface area contributed by atoms with Crippen molar-refractivity contribution in [2.24, 2.45) is 5.92 Å². The highest BCUT2D eigenvalue weighted by atomic mass is 35.5. The van der Waals surface area contributed by atoms with Gasteiger partial charge in [0.15, 0.2) is 11.6 Å². The van der Waals surface area contributed by atoms with E-state index in [0.717, 1.165) is 37.5 Å². The van der Waals surface area contributed by atoms with Gasteiger partial charge in [-0.15, -0.1) is 12.4 Å². The van der Waals surface area contributed by atoms with E-state index in [1.165, 1.54) is 17.2 Å². The molecule has 8 heteroatoms. The number of nitrogens with one attached hydrogen (secondary N) is 1. The molecule has 0 spiro atoms. The van der Waals surface area contributed by atoms with Crippen LogP contribution >= 0.6 is 12.4 Å². The van der Waals surface area contributed by atoms with Crippen molar-refractivity contribution in [3.63, 3.8) is 0 Å². The highest BCUT2D eigenvalue weighted by Crippen LogP contribution is 2.32. The molecule has 0 saturated heterocycles. The Kier molecular flexibility index (Phi) is 9.40. The number of carboxylic acids is 1. The van der Waals surface area contributed by atoms with Crippen molar-refractivity contribution in [1.82, 2.24) is 5.32 Å². The molecule has 1 aliphatic carbocycles. The molecule has 2 aromatic carbocycles. The third kappa shape index (κ3) is 7.81. The summed E-state index contributed by atoms with van der Waals surface area (Å²) >= 11 is 0. The number of rotatable bonds is 10. The zero-order chi connectivity index (χ0) is 23.3. The Labute approximate surface area is 198 Å². The average Bonchev–Trinajstić information content (AvgIpc) is 3.13. The number of hydrogen-bond acceptors (Lipinski definition) is 4. The van der Waals surface area contributed by atoms with Crippen molar-refractivity contribution < 1.29 is 28.5 Å². The molecule has 0 saturated carbocycles. The van der Waals surface area contributed by atoms with Crippen molar-refractivity contribution >= 4 is 24.5 Å². The molecule has 0 heterocycles. The third-order valence-corrected chi connectivity index (χ3v) is 5.62. The van der Waals surface area contributed by atoms with E-state index in [9.17, 15) is 18.7 Å². The molecule has 0 amide bonds. The van der Waals surface area contributed by atoms with Gasteiger partial charge in [-0.3, -0.25) is 0 Å². The second kappa shape index (κ2) is 11.6. The lowest BCUT2D eigenvalue weighted by Crippen LogP contribution is -2.46. The van der Waals surface area contributed by atoms with Crippen LogP contribution in [0.2, 0.25) is 0 Å². The van der Waals surface area contributed by atoms with Crippen LogP contribution in [0.3, 0.4) is 0 Å². The van der Waals surface area contributed by atoms with Gasteiger partial charge in [0.25, 0.3) is 0 Å². The summed E-state index contributed by atoms with van der Waals surface area (Å²) in [5.74, 6) is -3.39. The summed E-state index contributed by atoms with van der Waals surface area (Å²) in [6.07, 6.45) is 4.05. The Morgan fingerprint density at radius 1 is 1.24 bits per heavy atom. The van der Waals surface area contributed by atoms with Gasteiger partial charge in [0, 0.05) is 18.2 Å². The van der Waals surface area contributed by atoms with Gasteiger partial charge < -0.3 is 20.3 Å². The number of aliphatic carboxylic acids is 1. The molecule has 0 fully saturated rings. The monoisotopic (exact) mass is 481 g/mol. The summed E-state index contributed by atoms with van der Waals surface area (Å²) in [7, 11) is 0. The largest absolute Gasteiger partial charge is 0.488 e. The molecule has 0 aromatic heterocycles. The lowest BCUT2D eigenvalue weighted by atomic mass is 9.88. The minimum Gasteiger partial charge on any atom is -0.488 e. The van der Waals surface area contributed by atoms with E-state index in [1.807, 2.05) is 0 Å². The first-order valence-electron chi connectivity index (χ1n) is 10.7. The minimum absolute atomic E-state index is 0. The average molecular weight is 482 g/mol. The van der Waals surface area contributed by atoms with Gasteiger partial charge >= 0.3 is 5.97 Å². The van der Waals surface area contributed by atoms with Crippen molar-refractivity contribution in [3.8, 4) is 5.75 Å². The molecule has 2 aromatic rings. The van der Waals surface area contributed by atoms with Gasteiger partial charge in [0.2, 0.25) is 5.82 Å². The molecule has 3 rings (SSSR count). The third-order valence-electron chi connectivity index (χ3n) is 5.62. The molecule has 0 bridgehead atoms. The van der Waals surface area contributed by atoms with Crippen LogP contribution in [0.5, 0.6) is 5.75 Å². The SMILES string of the molecule is CC(C)(CC1Cc2ccccc2C1)NC[C@H](O)COc1cc(/C=C/C(=O)O)cc(F)c1F.Cl. The summed E-state index contributed by atoms with van der Waals surface area (Å²) < 4.78 is 33.1. The van der Waals surface area contributed by atoms with Crippen LogP contribution in [-0.4, -0.2) is 41.0 Å². The van der Waals surface area contributed by atoms with Crippen molar-refractivity contribution in [3.05, 3.63) is 70.8 Å². The number of β-amino-alcohol motifs (C(OH)–C–C–N with tert-alkyl or cyclic N) is 1. The van der Waals surface area contributed by atoms with Crippen LogP contribution < -0.4 is 10.1 Å². The van der Waals surface area contributed by atoms with Crippen LogP contribution in [0.25, 0.3) is 6.08 Å². The Balaban J connectivity index is 0.00000385. The first-order chi connectivity index (χ1) is 15.1. The first-order valence-corrected chi connectivity index (χ1v) is 10.7. The predicted octanol–water partition coefficient (Wildman–Crippen LogP) is 4.40. The molecular formula is C25H30ClF2NO4. The Bertz CT molecular complexity index is 971. The summed E-state index contributed by atoms with van der Waals surface area (Å²) in [5, 5.41) is 22.3. The van der Waals surface area contributed by atoms with E-state index in [2.05, 4.69) is 43.4 Å². The van der Waals surface area contributed by atoms with E-state index in [1.54, 1.807) is 0 Å². The van der Waals surface area contributed by atoms with Crippen molar-refractivity contribution in [2.45, 2.75) is 44.8 Å². The number of carboxylic acid groups (broad SMARTS) is 1. The maximum Gasteiger partial charge on any atom is 0.328 e. The fourth-order valence-corrected chi connectivity index (χ4v) is 4.18. The van der Waals surface area contributed by atoms with Crippen LogP contribution in [0.15, 0.2) is 42.5 Å². The maximum absolute atomic E-state index is 14.0.